The Hall–Kier alpha value is -1.02. The van der Waals surface area contributed by atoms with Gasteiger partial charge < -0.3 is 9.84 Å². The molecule has 0 heterocycles. The Bertz CT molecular complexity index is 358. The van der Waals surface area contributed by atoms with Gasteiger partial charge in [0.1, 0.15) is 5.75 Å². The van der Waals surface area contributed by atoms with Gasteiger partial charge in [-0.2, -0.15) is 0 Å². The quantitative estimate of drug-likeness (QED) is 0.848. The van der Waals surface area contributed by atoms with Crippen LogP contribution < -0.4 is 4.74 Å². The Morgan fingerprint density at radius 1 is 1.44 bits per heavy atom. The molecule has 2 heteroatoms. The number of rotatable bonds is 3. The minimum Gasteiger partial charge on any atom is -0.493 e. The van der Waals surface area contributed by atoms with Crippen molar-refractivity contribution in [2.24, 2.45) is 5.92 Å². The molecule has 0 spiro atoms. The van der Waals surface area contributed by atoms with Gasteiger partial charge in [0.2, 0.25) is 0 Å². The molecule has 16 heavy (non-hydrogen) atoms. The zero-order valence-electron chi connectivity index (χ0n) is 10.1. The highest BCUT2D eigenvalue weighted by atomic mass is 16.5. The Labute approximate surface area is 97.3 Å². The van der Waals surface area contributed by atoms with Gasteiger partial charge in [-0.15, -0.1) is 0 Å². The molecule has 1 aromatic carbocycles. The Balaban J connectivity index is 2.12. The molecule has 0 saturated carbocycles. The van der Waals surface area contributed by atoms with Crippen molar-refractivity contribution in [2.45, 2.75) is 39.2 Å². The molecule has 0 radical (unpaired) electrons. The van der Waals surface area contributed by atoms with Crippen molar-refractivity contribution in [2.75, 3.05) is 6.61 Å². The van der Waals surface area contributed by atoms with Crippen LogP contribution >= 0.6 is 0 Å². The summed E-state index contributed by atoms with van der Waals surface area (Å²) < 4.78 is 5.69. The molecule has 0 amide bonds. The average molecular weight is 220 g/mol. The number of benzene rings is 1. The summed E-state index contributed by atoms with van der Waals surface area (Å²) in [6.45, 7) is 5.03. The SMILES string of the molecule is CC(C)COc1ccc2c(c1)CCCC2O. The van der Waals surface area contributed by atoms with E-state index in [-0.39, 0.29) is 6.10 Å². The highest BCUT2D eigenvalue weighted by Crippen LogP contribution is 2.31. The molecular weight excluding hydrogens is 200 g/mol. The van der Waals surface area contributed by atoms with Crippen molar-refractivity contribution >= 4 is 0 Å². The van der Waals surface area contributed by atoms with Crippen LogP contribution in [-0.2, 0) is 6.42 Å². The van der Waals surface area contributed by atoms with Crippen molar-refractivity contribution in [3.63, 3.8) is 0 Å². The zero-order valence-corrected chi connectivity index (χ0v) is 10.1. The normalized spacial score (nSPS) is 19.6. The van der Waals surface area contributed by atoms with Crippen LogP contribution in [0.4, 0.5) is 0 Å². The number of fused-ring (bicyclic) bond motifs is 1. The lowest BCUT2D eigenvalue weighted by atomic mass is 9.89. The predicted molar refractivity (Wildman–Crippen MR) is 64.7 cm³/mol. The van der Waals surface area contributed by atoms with E-state index in [2.05, 4.69) is 19.9 Å². The standard InChI is InChI=1S/C14H20O2/c1-10(2)9-16-12-6-7-13-11(8-12)4-3-5-14(13)15/h6-8,10,14-15H,3-5,9H2,1-2H3. The van der Waals surface area contributed by atoms with E-state index < -0.39 is 0 Å². The fourth-order valence-electron chi connectivity index (χ4n) is 2.12. The van der Waals surface area contributed by atoms with E-state index in [4.69, 9.17) is 4.74 Å². The summed E-state index contributed by atoms with van der Waals surface area (Å²) in [4.78, 5) is 0. The van der Waals surface area contributed by atoms with Crippen LogP contribution in [-0.4, -0.2) is 11.7 Å². The fraction of sp³-hybridized carbons (Fsp3) is 0.571. The Morgan fingerprint density at radius 2 is 2.25 bits per heavy atom. The van der Waals surface area contributed by atoms with Crippen LogP contribution in [0.1, 0.15) is 43.9 Å². The van der Waals surface area contributed by atoms with Gasteiger partial charge in [-0.25, -0.2) is 0 Å². The van der Waals surface area contributed by atoms with E-state index in [1.807, 2.05) is 12.1 Å². The van der Waals surface area contributed by atoms with Crippen molar-refractivity contribution in [1.29, 1.82) is 0 Å². The van der Waals surface area contributed by atoms with E-state index in [0.29, 0.717) is 5.92 Å². The lowest BCUT2D eigenvalue weighted by Crippen LogP contribution is -2.10. The minimum absolute atomic E-state index is 0.275. The van der Waals surface area contributed by atoms with Gasteiger partial charge in [-0.1, -0.05) is 19.9 Å². The fourth-order valence-corrected chi connectivity index (χ4v) is 2.12. The summed E-state index contributed by atoms with van der Waals surface area (Å²) in [5.41, 5.74) is 2.34. The monoisotopic (exact) mass is 220 g/mol. The third-order valence-electron chi connectivity index (χ3n) is 2.98. The highest BCUT2D eigenvalue weighted by molar-refractivity contribution is 5.38. The Kier molecular flexibility index (Phi) is 3.49. The number of ether oxygens (including phenoxy) is 1. The van der Waals surface area contributed by atoms with Gasteiger partial charge in [0.15, 0.2) is 0 Å². The van der Waals surface area contributed by atoms with Gasteiger partial charge >= 0.3 is 0 Å². The van der Waals surface area contributed by atoms with Crippen molar-refractivity contribution in [1.82, 2.24) is 0 Å². The average Bonchev–Trinajstić information content (AvgIpc) is 2.26. The number of hydrogen-bond donors (Lipinski definition) is 1. The molecule has 88 valence electrons. The smallest absolute Gasteiger partial charge is 0.119 e. The first-order valence-corrected chi connectivity index (χ1v) is 6.10. The van der Waals surface area contributed by atoms with Crippen LogP contribution in [0.2, 0.25) is 0 Å². The first-order chi connectivity index (χ1) is 7.66. The van der Waals surface area contributed by atoms with E-state index in [1.54, 1.807) is 0 Å². The second kappa shape index (κ2) is 4.88. The lowest BCUT2D eigenvalue weighted by Gasteiger charge is -2.22. The minimum atomic E-state index is -0.275. The zero-order chi connectivity index (χ0) is 11.5. The number of aliphatic hydroxyl groups is 1. The molecule has 0 fully saturated rings. The molecule has 0 saturated heterocycles. The van der Waals surface area contributed by atoms with Gasteiger partial charge in [0.25, 0.3) is 0 Å². The summed E-state index contributed by atoms with van der Waals surface area (Å²) in [5, 5.41) is 9.83. The maximum Gasteiger partial charge on any atom is 0.119 e. The summed E-state index contributed by atoms with van der Waals surface area (Å²) in [6, 6.07) is 6.06. The van der Waals surface area contributed by atoms with E-state index >= 15 is 0 Å². The first kappa shape index (κ1) is 11.5. The van der Waals surface area contributed by atoms with Gasteiger partial charge in [0, 0.05) is 0 Å². The summed E-state index contributed by atoms with van der Waals surface area (Å²) in [5.74, 6) is 1.48. The third-order valence-corrected chi connectivity index (χ3v) is 2.98. The Morgan fingerprint density at radius 3 is 3.00 bits per heavy atom. The molecule has 1 aliphatic carbocycles. The molecule has 0 aliphatic heterocycles. The predicted octanol–water partition coefficient (Wildman–Crippen LogP) is 3.09. The third kappa shape index (κ3) is 2.56. The topological polar surface area (TPSA) is 29.5 Å². The largest absolute Gasteiger partial charge is 0.493 e. The maximum atomic E-state index is 9.83. The van der Waals surface area contributed by atoms with E-state index in [9.17, 15) is 5.11 Å². The van der Waals surface area contributed by atoms with Crippen LogP contribution in [0, 0.1) is 5.92 Å². The molecule has 1 atom stereocenters. The van der Waals surface area contributed by atoms with E-state index in [0.717, 1.165) is 37.2 Å². The van der Waals surface area contributed by atoms with Crippen molar-refractivity contribution in [3.05, 3.63) is 29.3 Å². The van der Waals surface area contributed by atoms with Gasteiger partial charge in [0.05, 0.1) is 12.7 Å². The molecule has 0 aromatic heterocycles. The number of aliphatic hydroxyl groups excluding tert-OH is 1. The summed E-state index contributed by atoms with van der Waals surface area (Å²) >= 11 is 0. The second-order valence-electron chi connectivity index (χ2n) is 4.97. The van der Waals surface area contributed by atoms with Gasteiger partial charge in [-0.3, -0.25) is 0 Å². The summed E-state index contributed by atoms with van der Waals surface area (Å²) in [7, 11) is 0. The molecule has 2 rings (SSSR count). The molecule has 1 unspecified atom stereocenters. The van der Waals surface area contributed by atoms with Crippen LogP contribution in [0.3, 0.4) is 0 Å². The maximum absolute atomic E-state index is 9.83. The molecular formula is C14H20O2. The van der Waals surface area contributed by atoms with Crippen molar-refractivity contribution < 1.29 is 9.84 Å². The molecule has 1 aromatic rings. The molecule has 1 N–H and O–H groups in total. The van der Waals surface area contributed by atoms with Crippen LogP contribution in [0.25, 0.3) is 0 Å². The molecule has 2 nitrogen and oxygen atoms in total. The first-order valence-electron chi connectivity index (χ1n) is 6.10. The summed E-state index contributed by atoms with van der Waals surface area (Å²) in [6.07, 6.45) is 2.75. The van der Waals surface area contributed by atoms with Gasteiger partial charge in [-0.05, 0) is 48.4 Å². The van der Waals surface area contributed by atoms with Crippen LogP contribution in [0.5, 0.6) is 5.75 Å². The lowest BCUT2D eigenvalue weighted by molar-refractivity contribution is 0.156. The van der Waals surface area contributed by atoms with Crippen LogP contribution in [0.15, 0.2) is 18.2 Å². The highest BCUT2D eigenvalue weighted by Gasteiger charge is 2.18. The number of aryl methyl sites for hydroxylation is 1. The molecule has 1 aliphatic rings. The second-order valence-corrected chi connectivity index (χ2v) is 4.97. The van der Waals surface area contributed by atoms with Crippen molar-refractivity contribution in [3.8, 4) is 5.75 Å². The van der Waals surface area contributed by atoms with E-state index in [1.165, 1.54) is 5.56 Å². The number of hydrogen-bond acceptors (Lipinski definition) is 2. The molecule has 0 bridgehead atoms.